The lowest BCUT2D eigenvalue weighted by molar-refractivity contribution is 0.553. The molecule has 0 aromatic heterocycles. The van der Waals surface area contributed by atoms with E-state index in [1.54, 1.807) is 0 Å². The molecule has 0 bridgehead atoms. The fraction of sp³-hybridized carbons (Fsp3) is 0. The van der Waals surface area contributed by atoms with Gasteiger partial charge in [-0.1, -0.05) is 0 Å². The second kappa shape index (κ2) is 5.57. The van der Waals surface area contributed by atoms with Gasteiger partial charge >= 0.3 is 0 Å². The van der Waals surface area contributed by atoms with Crippen molar-refractivity contribution in [2.24, 2.45) is 0 Å². The van der Waals surface area contributed by atoms with Crippen LogP contribution in [0.4, 0.5) is 24.5 Å². The second-order valence-corrected chi connectivity index (χ2v) is 6.54. The van der Waals surface area contributed by atoms with E-state index in [0.717, 1.165) is 6.07 Å². The monoisotopic (exact) mass is 380 g/mol. The minimum atomic E-state index is -4.37. The number of nitrogen functional groups attached to an aromatic ring is 1. The van der Waals surface area contributed by atoms with Crippen LogP contribution in [-0.4, -0.2) is 8.42 Å². The molecule has 21 heavy (non-hydrogen) atoms. The van der Waals surface area contributed by atoms with Crippen LogP contribution in [0.5, 0.6) is 0 Å². The van der Waals surface area contributed by atoms with E-state index in [-0.39, 0.29) is 10.2 Å². The Bertz CT molecular complexity index is 812. The Morgan fingerprint density at radius 1 is 1.00 bits per heavy atom. The zero-order valence-corrected chi connectivity index (χ0v) is 12.6. The Labute approximate surface area is 127 Å². The summed E-state index contributed by atoms with van der Waals surface area (Å²) in [6.45, 7) is 0. The van der Waals surface area contributed by atoms with Gasteiger partial charge in [0.2, 0.25) is 0 Å². The third-order valence-corrected chi connectivity index (χ3v) is 4.55. The quantitative estimate of drug-likeness (QED) is 0.802. The second-order valence-electron chi connectivity index (χ2n) is 4.04. The number of hydrogen-bond donors (Lipinski definition) is 2. The maximum Gasteiger partial charge on any atom is 0.264 e. The molecule has 0 aliphatic heterocycles. The van der Waals surface area contributed by atoms with Gasteiger partial charge in [0, 0.05) is 6.07 Å². The van der Waals surface area contributed by atoms with Gasteiger partial charge in [-0.25, -0.2) is 21.6 Å². The van der Waals surface area contributed by atoms with Crippen LogP contribution in [0.1, 0.15) is 0 Å². The van der Waals surface area contributed by atoms with E-state index >= 15 is 0 Å². The third kappa shape index (κ3) is 3.30. The molecule has 4 nitrogen and oxygen atoms in total. The van der Waals surface area contributed by atoms with Crippen LogP contribution in [0.15, 0.2) is 39.7 Å². The lowest BCUT2D eigenvalue weighted by Gasteiger charge is -2.10. The van der Waals surface area contributed by atoms with Gasteiger partial charge in [-0.15, -0.1) is 0 Å². The van der Waals surface area contributed by atoms with Crippen LogP contribution in [0.3, 0.4) is 0 Å². The number of anilines is 2. The molecule has 0 unspecified atom stereocenters. The Morgan fingerprint density at radius 2 is 1.67 bits per heavy atom. The van der Waals surface area contributed by atoms with Gasteiger partial charge in [-0.3, -0.25) is 4.72 Å². The number of benzene rings is 2. The highest BCUT2D eigenvalue weighted by atomic mass is 79.9. The van der Waals surface area contributed by atoms with E-state index in [2.05, 4.69) is 15.9 Å². The molecule has 0 radical (unpaired) electrons. The zero-order chi connectivity index (χ0) is 15.8. The van der Waals surface area contributed by atoms with Crippen LogP contribution in [0.2, 0.25) is 0 Å². The summed E-state index contributed by atoms with van der Waals surface area (Å²) in [4.78, 5) is -0.829. The largest absolute Gasteiger partial charge is 0.396 e. The number of nitrogens with two attached hydrogens (primary N) is 1. The van der Waals surface area contributed by atoms with Crippen LogP contribution in [0.25, 0.3) is 0 Å². The molecule has 0 aliphatic carbocycles. The van der Waals surface area contributed by atoms with Crippen molar-refractivity contribution in [3.05, 3.63) is 52.3 Å². The van der Waals surface area contributed by atoms with Crippen molar-refractivity contribution in [2.75, 3.05) is 10.5 Å². The van der Waals surface area contributed by atoms with E-state index < -0.39 is 38.1 Å². The Balaban J connectivity index is 2.43. The SMILES string of the molecule is Nc1cc(S(=O)(=O)Nc2ccc(Br)c(F)c2)c(F)cc1F. The summed E-state index contributed by atoms with van der Waals surface area (Å²) in [6, 6.07) is 4.48. The van der Waals surface area contributed by atoms with Crippen LogP contribution in [-0.2, 0) is 10.0 Å². The first-order valence-corrected chi connectivity index (χ1v) is 7.71. The van der Waals surface area contributed by atoms with E-state index in [4.69, 9.17) is 5.73 Å². The molecule has 2 aromatic rings. The summed E-state index contributed by atoms with van der Waals surface area (Å²) in [5.41, 5.74) is 4.60. The third-order valence-electron chi connectivity index (χ3n) is 2.51. The lowest BCUT2D eigenvalue weighted by Crippen LogP contribution is -2.15. The van der Waals surface area contributed by atoms with Crippen LogP contribution < -0.4 is 10.5 Å². The van der Waals surface area contributed by atoms with Crippen molar-refractivity contribution >= 4 is 37.3 Å². The highest BCUT2D eigenvalue weighted by molar-refractivity contribution is 9.10. The standard InChI is InChI=1S/C12H8BrF3N2O2S/c13-7-2-1-6(3-8(7)14)18-21(19,20)12-5-11(17)9(15)4-10(12)16/h1-5,18H,17H2. The maximum atomic E-state index is 13.6. The van der Waals surface area contributed by atoms with Gasteiger partial charge in [0.1, 0.15) is 22.3 Å². The van der Waals surface area contributed by atoms with Crippen LogP contribution >= 0.6 is 15.9 Å². The molecule has 0 saturated carbocycles. The smallest absolute Gasteiger partial charge is 0.264 e. The molecule has 0 spiro atoms. The number of sulfonamides is 1. The fourth-order valence-electron chi connectivity index (χ4n) is 1.52. The predicted octanol–water partition coefficient (Wildman–Crippen LogP) is 3.25. The summed E-state index contributed by atoms with van der Waals surface area (Å²) in [7, 11) is -4.37. The molecule has 0 atom stereocenters. The molecule has 3 N–H and O–H groups in total. The predicted molar refractivity (Wildman–Crippen MR) is 75.7 cm³/mol. The Hall–Kier alpha value is -1.74. The normalized spacial score (nSPS) is 11.4. The number of rotatable bonds is 3. The van der Waals surface area contributed by atoms with Crippen LogP contribution in [0, 0.1) is 17.5 Å². The van der Waals surface area contributed by atoms with Crippen molar-refractivity contribution in [3.8, 4) is 0 Å². The molecule has 0 heterocycles. The molecule has 0 amide bonds. The summed E-state index contributed by atoms with van der Waals surface area (Å²) in [5, 5.41) is 0. The van der Waals surface area contributed by atoms with Gasteiger partial charge in [0.15, 0.2) is 0 Å². The van der Waals surface area contributed by atoms with Crippen molar-refractivity contribution < 1.29 is 21.6 Å². The first-order valence-electron chi connectivity index (χ1n) is 5.43. The molecular weight excluding hydrogens is 373 g/mol. The van der Waals surface area contributed by atoms with E-state index in [0.29, 0.717) is 12.1 Å². The topological polar surface area (TPSA) is 72.2 Å². The first kappa shape index (κ1) is 15.6. The molecule has 0 fully saturated rings. The van der Waals surface area contributed by atoms with Crippen molar-refractivity contribution in [1.29, 1.82) is 0 Å². The molecule has 2 rings (SSSR count). The zero-order valence-electron chi connectivity index (χ0n) is 10.2. The van der Waals surface area contributed by atoms with Crippen molar-refractivity contribution in [1.82, 2.24) is 0 Å². The number of nitrogens with one attached hydrogen (secondary N) is 1. The minimum absolute atomic E-state index is 0.113. The highest BCUT2D eigenvalue weighted by Gasteiger charge is 2.21. The van der Waals surface area contributed by atoms with Crippen molar-refractivity contribution in [2.45, 2.75) is 4.90 Å². The van der Waals surface area contributed by atoms with E-state index in [1.165, 1.54) is 12.1 Å². The van der Waals surface area contributed by atoms with E-state index in [1.807, 2.05) is 4.72 Å². The first-order chi connectivity index (χ1) is 9.70. The lowest BCUT2D eigenvalue weighted by atomic mass is 10.3. The van der Waals surface area contributed by atoms with Gasteiger partial charge in [-0.05, 0) is 40.2 Å². The molecular formula is C12H8BrF3N2O2S. The fourth-order valence-corrected chi connectivity index (χ4v) is 2.91. The van der Waals surface area contributed by atoms with Gasteiger partial charge < -0.3 is 5.73 Å². The van der Waals surface area contributed by atoms with Gasteiger partial charge in [0.25, 0.3) is 10.0 Å². The van der Waals surface area contributed by atoms with Gasteiger partial charge in [-0.2, -0.15) is 0 Å². The van der Waals surface area contributed by atoms with Crippen molar-refractivity contribution in [3.63, 3.8) is 0 Å². The highest BCUT2D eigenvalue weighted by Crippen LogP contribution is 2.25. The molecule has 112 valence electrons. The minimum Gasteiger partial charge on any atom is -0.396 e. The molecule has 0 aliphatic rings. The summed E-state index contributed by atoms with van der Waals surface area (Å²) < 4.78 is 66.1. The number of hydrogen-bond acceptors (Lipinski definition) is 3. The number of halogens is 4. The summed E-state index contributed by atoms with van der Waals surface area (Å²) in [6.07, 6.45) is 0. The summed E-state index contributed by atoms with van der Waals surface area (Å²) in [5.74, 6) is -3.07. The summed E-state index contributed by atoms with van der Waals surface area (Å²) >= 11 is 2.91. The van der Waals surface area contributed by atoms with Gasteiger partial charge in [0.05, 0.1) is 15.8 Å². The maximum absolute atomic E-state index is 13.6. The molecule has 0 saturated heterocycles. The molecule has 2 aromatic carbocycles. The average molecular weight is 381 g/mol. The average Bonchev–Trinajstić information content (AvgIpc) is 2.37. The molecule has 9 heteroatoms. The Kier molecular flexibility index (Phi) is 4.15. The Morgan fingerprint density at radius 3 is 2.29 bits per heavy atom. The van der Waals surface area contributed by atoms with E-state index in [9.17, 15) is 21.6 Å².